The first-order valence-electron chi connectivity index (χ1n) is 7.91. The lowest BCUT2D eigenvalue weighted by Gasteiger charge is -2.15. The van der Waals surface area contributed by atoms with Gasteiger partial charge in [0.15, 0.2) is 0 Å². The van der Waals surface area contributed by atoms with E-state index in [0.29, 0.717) is 0 Å². The molecule has 0 aliphatic carbocycles. The van der Waals surface area contributed by atoms with Gasteiger partial charge in [-0.1, -0.05) is 30.3 Å². The van der Waals surface area contributed by atoms with Crippen molar-refractivity contribution in [3.63, 3.8) is 0 Å². The number of likely N-dealkylation sites (N-methyl/N-ethyl adjacent to an activating group) is 1. The molecular weight excluding hydrogens is 352 g/mol. The second-order valence-corrected chi connectivity index (χ2v) is 7.90. The summed E-state index contributed by atoms with van der Waals surface area (Å²) in [5, 5.41) is 3.86. The van der Waals surface area contributed by atoms with Crippen molar-refractivity contribution in [1.29, 1.82) is 0 Å². The summed E-state index contributed by atoms with van der Waals surface area (Å²) in [6, 6.07) is 15.6. The van der Waals surface area contributed by atoms with Crippen molar-refractivity contribution in [1.82, 2.24) is 9.73 Å². The summed E-state index contributed by atoms with van der Waals surface area (Å²) in [4.78, 5) is 14.0. The molecule has 26 heavy (non-hydrogen) atoms. The maximum absolute atomic E-state index is 12.4. The van der Waals surface area contributed by atoms with Crippen LogP contribution >= 0.6 is 0 Å². The number of hydrogen-bond donors (Lipinski definition) is 1. The fourth-order valence-electron chi connectivity index (χ4n) is 2.13. The van der Waals surface area contributed by atoms with Crippen LogP contribution < -0.4 is 10.3 Å². The maximum atomic E-state index is 12.4. The number of sulfonamides is 1. The molecule has 8 heteroatoms. The van der Waals surface area contributed by atoms with Crippen molar-refractivity contribution in [2.75, 3.05) is 32.6 Å². The number of amides is 1. The van der Waals surface area contributed by atoms with E-state index >= 15 is 0 Å². The Morgan fingerprint density at radius 2 is 1.65 bits per heavy atom. The van der Waals surface area contributed by atoms with Crippen LogP contribution in [-0.2, 0) is 14.8 Å². The zero-order chi connectivity index (χ0) is 19.2. The number of anilines is 1. The molecule has 1 amide bonds. The van der Waals surface area contributed by atoms with E-state index in [1.807, 2.05) is 43.3 Å². The molecule has 0 spiro atoms. The highest BCUT2D eigenvalue weighted by molar-refractivity contribution is 7.89. The van der Waals surface area contributed by atoms with Gasteiger partial charge in [0, 0.05) is 26.8 Å². The zero-order valence-corrected chi connectivity index (χ0v) is 15.8. The van der Waals surface area contributed by atoms with Crippen LogP contribution in [0.3, 0.4) is 0 Å². The first-order chi connectivity index (χ1) is 12.3. The summed E-state index contributed by atoms with van der Waals surface area (Å²) >= 11 is 0. The van der Waals surface area contributed by atoms with Crippen LogP contribution in [0.5, 0.6) is 0 Å². The van der Waals surface area contributed by atoms with E-state index < -0.39 is 15.9 Å². The Morgan fingerprint density at radius 3 is 2.23 bits per heavy atom. The van der Waals surface area contributed by atoms with Crippen LogP contribution in [0.15, 0.2) is 64.6 Å². The Kier molecular flexibility index (Phi) is 6.48. The molecule has 0 aliphatic rings. The van der Waals surface area contributed by atoms with Gasteiger partial charge in [-0.25, -0.2) is 13.8 Å². The van der Waals surface area contributed by atoms with Crippen LogP contribution in [0.2, 0.25) is 0 Å². The third-order valence-corrected chi connectivity index (χ3v) is 5.45. The molecule has 0 saturated heterocycles. The number of benzene rings is 2. The first-order valence-corrected chi connectivity index (χ1v) is 9.35. The normalized spacial score (nSPS) is 11.7. The van der Waals surface area contributed by atoms with E-state index in [2.05, 4.69) is 10.5 Å². The number of nitrogens with zero attached hydrogens (tertiary/aromatic N) is 3. The standard InChI is InChI=1S/C18H22N4O3S/c1-21(2)16-11-9-15(10-12-16)13-19-20-18(23)14-22(3)26(24,25)17-7-5-4-6-8-17/h4-13H,14H2,1-3H3,(H,20,23)/b19-13-. The van der Waals surface area contributed by atoms with E-state index in [1.165, 1.54) is 25.4 Å². The fourth-order valence-corrected chi connectivity index (χ4v) is 3.28. The minimum Gasteiger partial charge on any atom is -0.378 e. The molecule has 0 aromatic heterocycles. The van der Waals surface area contributed by atoms with Gasteiger partial charge in [0.25, 0.3) is 5.91 Å². The monoisotopic (exact) mass is 374 g/mol. The number of nitrogens with one attached hydrogen (secondary N) is 1. The number of rotatable bonds is 7. The lowest BCUT2D eigenvalue weighted by Crippen LogP contribution is -2.36. The van der Waals surface area contributed by atoms with Gasteiger partial charge in [0.2, 0.25) is 10.0 Å². The van der Waals surface area contributed by atoms with Crippen molar-refractivity contribution < 1.29 is 13.2 Å². The maximum Gasteiger partial charge on any atom is 0.255 e. The van der Waals surface area contributed by atoms with E-state index in [1.54, 1.807) is 18.2 Å². The molecular formula is C18H22N4O3S. The van der Waals surface area contributed by atoms with E-state index in [9.17, 15) is 13.2 Å². The SMILES string of the molecule is CN(C)c1ccc(/C=N\NC(=O)CN(C)S(=O)(=O)c2ccccc2)cc1. The third-order valence-electron chi connectivity index (χ3n) is 3.63. The molecule has 2 aromatic rings. The Balaban J connectivity index is 1.92. The largest absolute Gasteiger partial charge is 0.378 e. The van der Waals surface area contributed by atoms with E-state index in [4.69, 9.17) is 0 Å². The van der Waals surface area contributed by atoms with Crippen molar-refractivity contribution >= 4 is 27.8 Å². The smallest absolute Gasteiger partial charge is 0.255 e. The number of hydrazone groups is 1. The number of carbonyl (C=O) groups excluding carboxylic acids is 1. The molecule has 0 bridgehead atoms. The Hall–Kier alpha value is -2.71. The van der Waals surface area contributed by atoms with Crippen LogP contribution in [0, 0.1) is 0 Å². The minimum atomic E-state index is -3.71. The van der Waals surface area contributed by atoms with Crippen molar-refractivity contribution in [2.45, 2.75) is 4.90 Å². The summed E-state index contributed by atoms with van der Waals surface area (Å²) in [6.07, 6.45) is 1.50. The quantitative estimate of drug-likeness (QED) is 0.588. The topological polar surface area (TPSA) is 82.1 Å². The molecule has 0 fully saturated rings. The van der Waals surface area contributed by atoms with Gasteiger partial charge in [-0.05, 0) is 29.8 Å². The highest BCUT2D eigenvalue weighted by atomic mass is 32.2. The second-order valence-electron chi connectivity index (χ2n) is 5.85. The molecule has 0 unspecified atom stereocenters. The van der Waals surface area contributed by atoms with Gasteiger partial charge in [-0.15, -0.1) is 0 Å². The summed E-state index contributed by atoms with van der Waals surface area (Å²) < 4.78 is 25.7. The van der Waals surface area contributed by atoms with Crippen LogP contribution in [0.25, 0.3) is 0 Å². The van der Waals surface area contributed by atoms with Crippen molar-refractivity contribution in [3.8, 4) is 0 Å². The lowest BCUT2D eigenvalue weighted by atomic mass is 10.2. The summed E-state index contributed by atoms with van der Waals surface area (Å²) in [5.41, 5.74) is 4.21. The summed E-state index contributed by atoms with van der Waals surface area (Å²) in [6.45, 7) is -0.325. The van der Waals surface area contributed by atoms with Crippen molar-refractivity contribution in [3.05, 3.63) is 60.2 Å². The van der Waals surface area contributed by atoms with Gasteiger partial charge in [0.05, 0.1) is 17.7 Å². The average molecular weight is 374 g/mol. The lowest BCUT2D eigenvalue weighted by molar-refractivity contribution is -0.121. The van der Waals surface area contributed by atoms with Gasteiger partial charge in [0.1, 0.15) is 0 Å². The molecule has 0 saturated carbocycles. The highest BCUT2D eigenvalue weighted by Crippen LogP contribution is 2.13. The molecule has 0 atom stereocenters. The molecule has 2 aromatic carbocycles. The number of hydrogen-bond acceptors (Lipinski definition) is 5. The molecule has 0 radical (unpaired) electrons. The van der Waals surface area contributed by atoms with Gasteiger partial charge in [-0.3, -0.25) is 4.79 Å². The molecule has 7 nitrogen and oxygen atoms in total. The van der Waals surface area contributed by atoms with E-state index in [-0.39, 0.29) is 11.4 Å². The van der Waals surface area contributed by atoms with E-state index in [0.717, 1.165) is 15.6 Å². The molecule has 1 N–H and O–H groups in total. The van der Waals surface area contributed by atoms with Gasteiger partial charge in [-0.2, -0.15) is 9.41 Å². The molecule has 0 aliphatic heterocycles. The summed E-state index contributed by atoms with van der Waals surface area (Å²) in [5.74, 6) is -0.520. The molecule has 138 valence electrons. The Bertz CT molecular complexity index is 863. The van der Waals surface area contributed by atoms with Gasteiger partial charge >= 0.3 is 0 Å². The molecule has 2 rings (SSSR count). The van der Waals surface area contributed by atoms with Gasteiger partial charge < -0.3 is 4.90 Å². The minimum absolute atomic E-state index is 0.139. The second kappa shape index (κ2) is 8.59. The Labute approximate surface area is 154 Å². The fraction of sp³-hybridized carbons (Fsp3) is 0.222. The van der Waals surface area contributed by atoms with Crippen LogP contribution in [0.4, 0.5) is 5.69 Å². The van der Waals surface area contributed by atoms with Crippen LogP contribution in [0.1, 0.15) is 5.56 Å². The zero-order valence-electron chi connectivity index (χ0n) is 15.0. The molecule has 0 heterocycles. The summed E-state index contributed by atoms with van der Waals surface area (Å²) in [7, 11) is 1.54. The van der Waals surface area contributed by atoms with Crippen molar-refractivity contribution in [2.24, 2.45) is 5.10 Å². The third kappa shape index (κ3) is 5.14. The Morgan fingerprint density at radius 1 is 1.04 bits per heavy atom. The predicted octanol–water partition coefficient (Wildman–Crippen LogP) is 1.52. The first kappa shape index (κ1) is 19.6. The number of carbonyl (C=O) groups is 1. The van der Waals surface area contributed by atoms with Crippen LogP contribution in [-0.4, -0.2) is 52.5 Å². The average Bonchev–Trinajstić information content (AvgIpc) is 2.62. The predicted molar refractivity (Wildman–Crippen MR) is 103 cm³/mol. The highest BCUT2D eigenvalue weighted by Gasteiger charge is 2.22.